The smallest absolute Gasteiger partial charge is 0.408 e. The summed E-state index contributed by atoms with van der Waals surface area (Å²) in [5.74, 6) is -3.23. The number of nitrogens with zero attached hydrogens (tertiary/aromatic N) is 1. The molecule has 1 unspecified atom stereocenters. The second kappa shape index (κ2) is 12.3. The van der Waals surface area contributed by atoms with E-state index in [4.69, 9.17) is 23.2 Å². The average molecular weight is 569 g/mol. The van der Waals surface area contributed by atoms with Crippen LogP contribution in [-0.4, -0.2) is 64.3 Å². The van der Waals surface area contributed by atoms with E-state index in [2.05, 4.69) is 16.0 Å². The van der Waals surface area contributed by atoms with Crippen molar-refractivity contribution in [2.24, 2.45) is 11.3 Å². The van der Waals surface area contributed by atoms with Crippen molar-refractivity contribution in [1.82, 2.24) is 20.9 Å². The van der Waals surface area contributed by atoms with Crippen LogP contribution in [0.4, 0.5) is 4.79 Å². The number of benzene rings is 1. The van der Waals surface area contributed by atoms with Crippen molar-refractivity contribution in [3.63, 3.8) is 0 Å². The zero-order chi connectivity index (χ0) is 28.2. The van der Waals surface area contributed by atoms with E-state index in [0.29, 0.717) is 23.6 Å². The molecule has 208 valence electrons. The van der Waals surface area contributed by atoms with Crippen molar-refractivity contribution < 1.29 is 29.1 Å². The lowest BCUT2D eigenvalue weighted by Crippen LogP contribution is -2.56. The quantitative estimate of drug-likeness (QED) is 0.302. The highest BCUT2D eigenvalue weighted by Gasteiger charge is 2.39. The van der Waals surface area contributed by atoms with E-state index >= 15 is 0 Å². The summed E-state index contributed by atoms with van der Waals surface area (Å²) >= 11 is 12.3. The number of rotatable bonds is 11. The summed E-state index contributed by atoms with van der Waals surface area (Å²) < 4.78 is 0. The SMILES string of the molecule is CC(C)(C)C[C@@H](C(=O)NC(C[C@@H]1CCNC1=O)C(=O)C(=O)NC1CC1)N(Cc1ccc(Cl)cc1Cl)C(=O)O. The van der Waals surface area contributed by atoms with Gasteiger partial charge in [-0.1, -0.05) is 50.0 Å². The van der Waals surface area contributed by atoms with Gasteiger partial charge in [-0.05, 0) is 55.2 Å². The third kappa shape index (κ3) is 8.33. The summed E-state index contributed by atoms with van der Waals surface area (Å²) in [6.07, 6.45) is 0.711. The Morgan fingerprint density at radius 2 is 1.84 bits per heavy atom. The van der Waals surface area contributed by atoms with Gasteiger partial charge >= 0.3 is 6.09 Å². The molecule has 4 N–H and O–H groups in total. The van der Waals surface area contributed by atoms with Crippen LogP contribution in [0, 0.1) is 11.3 Å². The van der Waals surface area contributed by atoms with Crippen LogP contribution in [0.15, 0.2) is 18.2 Å². The van der Waals surface area contributed by atoms with E-state index < -0.39 is 47.1 Å². The molecule has 1 heterocycles. The van der Waals surface area contributed by atoms with Crippen LogP contribution in [-0.2, 0) is 25.7 Å². The molecule has 0 aromatic heterocycles. The molecule has 1 aromatic carbocycles. The second-order valence-corrected chi connectivity index (χ2v) is 12.0. The van der Waals surface area contributed by atoms with Crippen molar-refractivity contribution in [1.29, 1.82) is 0 Å². The average Bonchev–Trinajstić information content (AvgIpc) is 3.54. The van der Waals surface area contributed by atoms with Gasteiger partial charge in [-0.2, -0.15) is 0 Å². The Hall–Kier alpha value is -2.85. The van der Waals surface area contributed by atoms with Crippen LogP contribution >= 0.6 is 23.2 Å². The summed E-state index contributed by atoms with van der Waals surface area (Å²) in [5.41, 5.74) is -0.0301. The van der Waals surface area contributed by atoms with E-state index in [1.807, 2.05) is 20.8 Å². The molecule has 38 heavy (non-hydrogen) atoms. The highest BCUT2D eigenvalue weighted by Crippen LogP contribution is 2.28. The van der Waals surface area contributed by atoms with Crippen molar-refractivity contribution >= 4 is 52.8 Å². The van der Waals surface area contributed by atoms with Crippen LogP contribution in [0.3, 0.4) is 0 Å². The molecule has 12 heteroatoms. The molecule has 1 saturated heterocycles. The van der Waals surface area contributed by atoms with Crippen LogP contribution in [0.1, 0.15) is 58.4 Å². The molecule has 3 rings (SSSR count). The van der Waals surface area contributed by atoms with Gasteiger partial charge in [-0.25, -0.2) is 4.79 Å². The predicted octanol–water partition coefficient (Wildman–Crippen LogP) is 3.14. The number of ketones is 1. The zero-order valence-electron chi connectivity index (χ0n) is 21.7. The van der Waals surface area contributed by atoms with Gasteiger partial charge in [0, 0.05) is 28.5 Å². The lowest BCUT2D eigenvalue weighted by Gasteiger charge is -2.34. The minimum atomic E-state index is -1.36. The Labute approximate surface area is 231 Å². The lowest BCUT2D eigenvalue weighted by atomic mass is 9.86. The molecule has 2 aliphatic rings. The lowest BCUT2D eigenvalue weighted by molar-refractivity contribution is -0.141. The first-order chi connectivity index (χ1) is 17.7. The zero-order valence-corrected chi connectivity index (χ0v) is 23.2. The Morgan fingerprint density at radius 3 is 2.37 bits per heavy atom. The molecule has 0 radical (unpaired) electrons. The number of Topliss-reactive ketones (excluding diaryl/α,β-unsaturated/α-hetero) is 1. The molecule has 2 fully saturated rings. The Morgan fingerprint density at radius 1 is 1.16 bits per heavy atom. The summed E-state index contributed by atoms with van der Waals surface area (Å²) in [6, 6.07) is 2.07. The fourth-order valence-electron chi connectivity index (χ4n) is 4.37. The fourth-order valence-corrected chi connectivity index (χ4v) is 4.83. The highest BCUT2D eigenvalue weighted by molar-refractivity contribution is 6.38. The van der Waals surface area contributed by atoms with E-state index in [1.165, 1.54) is 6.07 Å². The largest absolute Gasteiger partial charge is 0.465 e. The van der Waals surface area contributed by atoms with Crippen LogP contribution in [0.25, 0.3) is 0 Å². The summed E-state index contributed by atoms with van der Waals surface area (Å²) in [5, 5.41) is 18.7. The Bertz CT molecular complexity index is 1100. The van der Waals surface area contributed by atoms with E-state index in [1.54, 1.807) is 12.1 Å². The first-order valence-corrected chi connectivity index (χ1v) is 13.4. The van der Waals surface area contributed by atoms with Gasteiger partial charge in [-0.3, -0.25) is 24.1 Å². The van der Waals surface area contributed by atoms with Crippen molar-refractivity contribution in [2.75, 3.05) is 6.54 Å². The van der Waals surface area contributed by atoms with Gasteiger partial charge in [0.05, 0.1) is 12.6 Å². The number of carbonyl (C=O) groups is 5. The van der Waals surface area contributed by atoms with Crippen molar-refractivity contribution in [2.45, 2.75) is 77.5 Å². The minimum absolute atomic E-state index is 0.0627. The number of carboxylic acid groups (broad SMARTS) is 1. The number of halogens is 2. The second-order valence-electron chi connectivity index (χ2n) is 11.1. The van der Waals surface area contributed by atoms with Gasteiger partial charge in [0.1, 0.15) is 6.04 Å². The summed E-state index contributed by atoms with van der Waals surface area (Å²) in [7, 11) is 0. The Balaban J connectivity index is 1.88. The van der Waals surface area contributed by atoms with E-state index in [-0.39, 0.29) is 36.4 Å². The highest BCUT2D eigenvalue weighted by atomic mass is 35.5. The fraction of sp³-hybridized carbons (Fsp3) is 0.577. The number of hydrogen-bond acceptors (Lipinski definition) is 5. The molecule has 1 saturated carbocycles. The van der Waals surface area contributed by atoms with Crippen LogP contribution in [0.2, 0.25) is 10.0 Å². The maximum absolute atomic E-state index is 13.7. The monoisotopic (exact) mass is 568 g/mol. The van der Waals surface area contributed by atoms with Crippen LogP contribution < -0.4 is 16.0 Å². The topological polar surface area (TPSA) is 145 Å². The Kier molecular flexibility index (Phi) is 9.64. The molecule has 10 nitrogen and oxygen atoms in total. The normalized spacial score (nSPS) is 18.8. The van der Waals surface area contributed by atoms with Gasteiger partial charge in [0.15, 0.2) is 0 Å². The van der Waals surface area contributed by atoms with E-state index in [0.717, 1.165) is 17.7 Å². The van der Waals surface area contributed by atoms with Gasteiger partial charge in [-0.15, -0.1) is 0 Å². The third-order valence-corrected chi connectivity index (χ3v) is 7.13. The molecular formula is C26H34Cl2N4O6. The molecule has 0 spiro atoms. The molecular weight excluding hydrogens is 535 g/mol. The first-order valence-electron chi connectivity index (χ1n) is 12.6. The van der Waals surface area contributed by atoms with Crippen molar-refractivity contribution in [3.05, 3.63) is 33.8 Å². The third-order valence-electron chi connectivity index (χ3n) is 6.54. The molecule has 1 aliphatic carbocycles. The van der Waals surface area contributed by atoms with Crippen molar-refractivity contribution in [3.8, 4) is 0 Å². The van der Waals surface area contributed by atoms with Gasteiger partial charge in [0.25, 0.3) is 5.91 Å². The minimum Gasteiger partial charge on any atom is -0.465 e. The standard InChI is InChI=1S/C26H34Cl2N4O6/c1-26(2,3)12-20(32(25(37)38)13-15-4-5-16(27)11-18(15)28)23(35)31-19(10-14-8-9-29-22(14)34)21(33)24(36)30-17-6-7-17/h4-5,11,14,17,19-20H,6-10,12-13H2,1-3H3,(H,29,34)(H,30,36)(H,31,35)(H,37,38)/t14-,19?,20-/m0/s1. The molecule has 4 amide bonds. The van der Waals surface area contributed by atoms with E-state index in [9.17, 15) is 29.1 Å². The van der Waals surface area contributed by atoms with Gasteiger partial charge < -0.3 is 21.1 Å². The number of carbonyl (C=O) groups excluding carboxylic acids is 4. The van der Waals surface area contributed by atoms with Crippen LogP contribution in [0.5, 0.6) is 0 Å². The summed E-state index contributed by atoms with van der Waals surface area (Å²) in [4.78, 5) is 64.9. The number of nitrogens with one attached hydrogen (secondary N) is 3. The molecule has 1 aromatic rings. The maximum Gasteiger partial charge on any atom is 0.408 e. The molecule has 0 bridgehead atoms. The molecule has 1 aliphatic heterocycles. The first kappa shape index (κ1) is 29.7. The predicted molar refractivity (Wildman–Crippen MR) is 142 cm³/mol. The number of hydrogen-bond donors (Lipinski definition) is 4. The van der Waals surface area contributed by atoms with Gasteiger partial charge in [0.2, 0.25) is 17.6 Å². The maximum atomic E-state index is 13.7. The summed E-state index contributed by atoms with van der Waals surface area (Å²) in [6.45, 7) is 5.81. The number of amides is 4. The molecule has 3 atom stereocenters.